The molecule has 1 amide bonds. The number of hydrogen-bond donors (Lipinski definition) is 2. The summed E-state index contributed by atoms with van der Waals surface area (Å²) < 4.78 is 32.6. The highest BCUT2D eigenvalue weighted by molar-refractivity contribution is 5.86. The van der Waals surface area contributed by atoms with Crippen molar-refractivity contribution >= 4 is 11.8 Å². The number of carbonyl (C=O) groups excluding carboxylic acids is 1. The Morgan fingerprint density at radius 1 is 1.22 bits per heavy atom. The zero-order valence-corrected chi connectivity index (χ0v) is 15.6. The molecule has 3 rings (SSSR count). The highest BCUT2D eigenvalue weighted by atomic mass is 19.1. The number of fused-ring (bicyclic) bond motifs is 1. The number of halogens is 2. The third-order valence-electron chi connectivity index (χ3n) is 4.44. The molecule has 1 atom stereocenters. The van der Waals surface area contributed by atoms with E-state index < -0.39 is 29.4 Å². The summed E-state index contributed by atoms with van der Waals surface area (Å²) in [5.41, 5.74) is 2.50. The van der Waals surface area contributed by atoms with Crippen LogP contribution in [0.1, 0.15) is 55.5 Å². The molecule has 0 bridgehead atoms. The molecule has 1 aliphatic rings. The van der Waals surface area contributed by atoms with Gasteiger partial charge in [0.25, 0.3) is 0 Å². The minimum Gasteiger partial charge on any atom is -0.444 e. The van der Waals surface area contributed by atoms with Crippen molar-refractivity contribution in [3.05, 3.63) is 64.2 Å². The lowest BCUT2D eigenvalue weighted by atomic mass is 9.97. The molecule has 1 aliphatic carbocycles. The standard InChI is InChI=1S/C21H23F2NO3/c1-21(2,3)27-20(26)24-18-10-12-5-7-19(25)16(12)9-14(18)8-13-4-6-15(22)11-17(13)23/h4,6,9-11,19,25H,5,7-8H2,1-3H3,(H,24,26). The second-order valence-electron chi connectivity index (χ2n) is 7.80. The first-order valence-electron chi connectivity index (χ1n) is 8.90. The molecule has 1 unspecified atom stereocenters. The molecule has 2 aromatic carbocycles. The number of ether oxygens (including phenoxy) is 1. The van der Waals surface area contributed by atoms with Crippen LogP contribution < -0.4 is 5.32 Å². The number of amides is 1. The highest BCUT2D eigenvalue weighted by Gasteiger charge is 2.24. The lowest BCUT2D eigenvalue weighted by Crippen LogP contribution is -2.27. The van der Waals surface area contributed by atoms with Crippen molar-refractivity contribution in [3.8, 4) is 0 Å². The van der Waals surface area contributed by atoms with E-state index in [-0.39, 0.29) is 6.42 Å². The maximum atomic E-state index is 14.1. The van der Waals surface area contributed by atoms with Crippen LogP contribution in [0.25, 0.3) is 0 Å². The topological polar surface area (TPSA) is 58.6 Å². The van der Waals surface area contributed by atoms with Crippen molar-refractivity contribution in [1.29, 1.82) is 0 Å². The average Bonchev–Trinajstić information content (AvgIpc) is 2.89. The Morgan fingerprint density at radius 3 is 2.63 bits per heavy atom. The SMILES string of the molecule is CC(C)(C)OC(=O)Nc1cc2c(cc1Cc1ccc(F)cc1F)C(O)CC2. The molecule has 4 nitrogen and oxygen atoms in total. The van der Waals surface area contributed by atoms with E-state index in [2.05, 4.69) is 5.32 Å². The van der Waals surface area contributed by atoms with Crippen LogP contribution in [0.3, 0.4) is 0 Å². The molecule has 0 aromatic heterocycles. The van der Waals surface area contributed by atoms with Crippen LogP contribution in [0, 0.1) is 11.6 Å². The van der Waals surface area contributed by atoms with E-state index in [4.69, 9.17) is 4.74 Å². The molecule has 0 fully saturated rings. The van der Waals surface area contributed by atoms with Gasteiger partial charge in [-0.25, -0.2) is 13.6 Å². The molecule has 0 aliphatic heterocycles. The maximum Gasteiger partial charge on any atom is 0.412 e. The first-order chi connectivity index (χ1) is 12.6. The van der Waals surface area contributed by atoms with Crippen molar-refractivity contribution in [2.24, 2.45) is 0 Å². The number of hydrogen-bond acceptors (Lipinski definition) is 3. The number of anilines is 1. The first-order valence-corrected chi connectivity index (χ1v) is 8.90. The van der Waals surface area contributed by atoms with Crippen LogP contribution in [0.4, 0.5) is 19.3 Å². The number of nitrogens with one attached hydrogen (secondary N) is 1. The zero-order chi connectivity index (χ0) is 19.8. The van der Waals surface area contributed by atoms with Crippen molar-refractivity contribution in [2.75, 3.05) is 5.32 Å². The molecule has 144 valence electrons. The van der Waals surface area contributed by atoms with Gasteiger partial charge in [0.1, 0.15) is 17.2 Å². The number of aryl methyl sites for hydroxylation is 1. The molecule has 0 spiro atoms. The first kappa shape index (κ1) is 19.3. The van der Waals surface area contributed by atoms with Gasteiger partial charge in [0.15, 0.2) is 0 Å². The van der Waals surface area contributed by atoms with E-state index in [1.165, 1.54) is 12.1 Å². The fourth-order valence-corrected chi connectivity index (χ4v) is 3.23. The van der Waals surface area contributed by atoms with Gasteiger partial charge in [0.05, 0.1) is 6.10 Å². The number of rotatable bonds is 3. The molecular weight excluding hydrogens is 352 g/mol. The Bertz CT molecular complexity index is 874. The molecule has 0 saturated carbocycles. The largest absolute Gasteiger partial charge is 0.444 e. The monoisotopic (exact) mass is 375 g/mol. The summed E-state index contributed by atoms with van der Waals surface area (Å²) in [4.78, 5) is 12.2. The van der Waals surface area contributed by atoms with Crippen LogP contribution in [0.2, 0.25) is 0 Å². The Balaban J connectivity index is 1.95. The summed E-state index contributed by atoms with van der Waals surface area (Å²) in [6.07, 6.45) is 0.270. The number of benzene rings is 2. The Morgan fingerprint density at radius 2 is 1.96 bits per heavy atom. The van der Waals surface area contributed by atoms with Gasteiger partial charge in [0.2, 0.25) is 0 Å². The van der Waals surface area contributed by atoms with Crippen molar-refractivity contribution in [3.63, 3.8) is 0 Å². The van der Waals surface area contributed by atoms with Crippen molar-refractivity contribution in [1.82, 2.24) is 0 Å². The summed E-state index contributed by atoms with van der Waals surface area (Å²) in [7, 11) is 0. The predicted octanol–water partition coefficient (Wildman–Crippen LogP) is 4.88. The van der Waals surface area contributed by atoms with E-state index in [1.807, 2.05) is 0 Å². The van der Waals surface area contributed by atoms with Crippen LogP contribution in [-0.2, 0) is 17.6 Å². The van der Waals surface area contributed by atoms with Crippen LogP contribution >= 0.6 is 0 Å². The lowest BCUT2D eigenvalue weighted by Gasteiger charge is -2.21. The zero-order valence-electron chi connectivity index (χ0n) is 15.6. The normalized spacial score (nSPS) is 16.1. The predicted molar refractivity (Wildman–Crippen MR) is 98.7 cm³/mol. The average molecular weight is 375 g/mol. The summed E-state index contributed by atoms with van der Waals surface area (Å²) in [5, 5.41) is 12.9. The minimum atomic E-state index is -0.653. The highest BCUT2D eigenvalue weighted by Crippen LogP contribution is 2.36. The smallest absolute Gasteiger partial charge is 0.412 e. The Hall–Kier alpha value is -2.47. The van der Waals surface area contributed by atoms with Gasteiger partial charge in [-0.3, -0.25) is 5.32 Å². The molecule has 2 aromatic rings. The quantitative estimate of drug-likeness (QED) is 0.804. The Labute approximate surface area is 157 Å². The van der Waals surface area contributed by atoms with Crippen LogP contribution in [0.15, 0.2) is 30.3 Å². The van der Waals surface area contributed by atoms with Crippen LogP contribution in [0.5, 0.6) is 0 Å². The van der Waals surface area contributed by atoms with E-state index in [1.54, 1.807) is 32.9 Å². The fourth-order valence-electron chi connectivity index (χ4n) is 3.23. The summed E-state index contributed by atoms with van der Waals surface area (Å²) in [6.45, 7) is 5.29. The molecule has 0 saturated heterocycles. The summed E-state index contributed by atoms with van der Waals surface area (Å²) >= 11 is 0. The maximum absolute atomic E-state index is 14.1. The second-order valence-corrected chi connectivity index (χ2v) is 7.80. The third-order valence-corrected chi connectivity index (χ3v) is 4.44. The van der Waals surface area contributed by atoms with Crippen molar-refractivity contribution < 1.29 is 23.4 Å². The molecule has 0 heterocycles. The third kappa shape index (κ3) is 4.63. The number of aliphatic hydroxyl groups excluding tert-OH is 1. The number of carbonyl (C=O) groups is 1. The molecule has 27 heavy (non-hydrogen) atoms. The molecule has 2 N–H and O–H groups in total. The molecular formula is C21H23F2NO3. The molecule has 0 radical (unpaired) electrons. The van der Waals surface area contributed by atoms with Gasteiger partial charge in [-0.15, -0.1) is 0 Å². The van der Waals surface area contributed by atoms with E-state index in [0.29, 0.717) is 29.7 Å². The van der Waals surface area contributed by atoms with Gasteiger partial charge in [-0.05, 0) is 68.0 Å². The van der Waals surface area contributed by atoms with Gasteiger partial charge >= 0.3 is 6.09 Å². The Kier molecular flexibility index (Phi) is 5.20. The van der Waals surface area contributed by atoms with Crippen LogP contribution in [-0.4, -0.2) is 16.8 Å². The van der Waals surface area contributed by atoms with Gasteiger partial charge in [0, 0.05) is 18.2 Å². The lowest BCUT2D eigenvalue weighted by molar-refractivity contribution is 0.0636. The minimum absolute atomic E-state index is 0.150. The van der Waals surface area contributed by atoms with Crippen molar-refractivity contribution in [2.45, 2.75) is 51.7 Å². The van der Waals surface area contributed by atoms with E-state index in [9.17, 15) is 18.7 Å². The van der Waals surface area contributed by atoms with Gasteiger partial charge in [-0.1, -0.05) is 12.1 Å². The van der Waals surface area contributed by atoms with Gasteiger partial charge < -0.3 is 9.84 Å². The van der Waals surface area contributed by atoms with E-state index >= 15 is 0 Å². The summed E-state index contributed by atoms with van der Waals surface area (Å²) in [6, 6.07) is 6.99. The van der Waals surface area contributed by atoms with E-state index in [0.717, 1.165) is 17.2 Å². The second kappa shape index (κ2) is 7.27. The summed E-state index contributed by atoms with van der Waals surface area (Å²) in [5.74, 6) is -1.30. The number of aliphatic hydroxyl groups is 1. The van der Waals surface area contributed by atoms with Gasteiger partial charge in [-0.2, -0.15) is 0 Å². The fraction of sp³-hybridized carbons (Fsp3) is 0.381. The molecule has 6 heteroatoms.